The predicted molar refractivity (Wildman–Crippen MR) is 149 cm³/mol. The highest BCUT2D eigenvalue weighted by Gasteiger charge is 2.20. The largest absolute Gasteiger partial charge is 0.497 e. The first-order chi connectivity index (χ1) is 17.2. The van der Waals surface area contributed by atoms with Crippen LogP contribution in [0.25, 0.3) is 16.8 Å². The molecule has 0 saturated heterocycles. The minimum Gasteiger partial charge on any atom is -0.497 e. The SMILES string of the molecule is COc1ccc(-c2nn3ccc(C(=O)N(CCC(C)C)CCC(C)C)cc3c2CCCN(C)C)cc1. The van der Waals surface area contributed by atoms with E-state index in [9.17, 15) is 4.79 Å². The number of carbonyl (C=O) groups excluding carboxylic acids is 1. The Kier molecular flexibility index (Phi) is 9.94. The van der Waals surface area contributed by atoms with Crippen LogP contribution in [0.3, 0.4) is 0 Å². The fourth-order valence-electron chi connectivity index (χ4n) is 4.35. The van der Waals surface area contributed by atoms with E-state index >= 15 is 0 Å². The maximum absolute atomic E-state index is 13.7. The van der Waals surface area contributed by atoms with Crippen molar-refractivity contribution in [2.24, 2.45) is 11.8 Å². The average Bonchev–Trinajstić information content (AvgIpc) is 3.21. The number of amides is 1. The Hall–Kier alpha value is -2.86. The molecule has 6 heteroatoms. The summed E-state index contributed by atoms with van der Waals surface area (Å²) in [5.74, 6) is 2.07. The van der Waals surface area contributed by atoms with Gasteiger partial charge in [0, 0.05) is 36.0 Å². The molecule has 0 atom stereocenters. The summed E-state index contributed by atoms with van der Waals surface area (Å²) in [7, 11) is 5.87. The molecule has 0 aliphatic heterocycles. The second kappa shape index (κ2) is 12.9. The molecule has 0 unspecified atom stereocenters. The van der Waals surface area contributed by atoms with Gasteiger partial charge in [0.2, 0.25) is 0 Å². The van der Waals surface area contributed by atoms with Gasteiger partial charge in [-0.15, -0.1) is 0 Å². The van der Waals surface area contributed by atoms with Gasteiger partial charge >= 0.3 is 0 Å². The van der Waals surface area contributed by atoms with E-state index in [1.54, 1.807) is 7.11 Å². The number of rotatable bonds is 13. The van der Waals surface area contributed by atoms with E-state index in [0.29, 0.717) is 11.8 Å². The zero-order chi connectivity index (χ0) is 26.2. The summed E-state index contributed by atoms with van der Waals surface area (Å²) in [5.41, 5.74) is 4.97. The number of fused-ring (bicyclic) bond motifs is 1. The van der Waals surface area contributed by atoms with Gasteiger partial charge in [0.05, 0.1) is 18.3 Å². The molecule has 1 amide bonds. The molecule has 0 aliphatic carbocycles. The molecular weight excluding hydrogens is 448 g/mol. The smallest absolute Gasteiger partial charge is 0.253 e. The second-order valence-electron chi connectivity index (χ2n) is 10.9. The lowest BCUT2D eigenvalue weighted by molar-refractivity contribution is 0.0741. The van der Waals surface area contributed by atoms with Crippen LogP contribution >= 0.6 is 0 Å². The van der Waals surface area contributed by atoms with Crippen molar-refractivity contribution in [3.8, 4) is 17.0 Å². The Morgan fingerprint density at radius 1 is 0.972 bits per heavy atom. The van der Waals surface area contributed by atoms with Gasteiger partial charge in [-0.3, -0.25) is 4.79 Å². The van der Waals surface area contributed by atoms with Gasteiger partial charge in [-0.25, -0.2) is 4.52 Å². The predicted octanol–water partition coefficient (Wildman–Crippen LogP) is 6.04. The molecule has 196 valence electrons. The van der Waals surface area contributed by atoms with Gasteiger partial charge in [0.25, 0.3) is 5.91 Å². The lowest BCUT2D eigenvalue weighted by Gasteiger charge is -2.24. The molecule has 0 spiro atoms. The van der Waals surface area contributed by atoms with Crippen molar-refractivity contribution in [2.75, 3.05) is 40.8 Å². The minimum atomic E-state index is 0.116. The number of aryl methyl sites for hydroxylation is 1. The number of hydrogen-bond donors (Lipinski definition) is 0. The molecule has 0 saturated carbocycles. The van der Waals surface area contributed by atoms with E-state index in [4.69, 9.17) is 9.84 Å². The molecular formula is C30H44N4O2. The van der Waals surface area contributed by atoms with Crippen molar-refractivity contribution >= 4 is 11.4 Å². The van der Waals surface area contributed by atoms with Crippen molar-refractivity contribution in [2.45, 2.75) is 53.4 Å². The zero-order valence-corrected chi connectivity index (χ0v) is 23.3. The normalized spacial score (nSPS) is 11.7. The molecule has 0 radical (unpaired) electrons. The Labute approximate surface area is 217 Å². The van der Waals surface area contributed by atoms with Gasteiger partial charge in [-0.1, -0.05) is 27.7 Å². The van der Waals surface area contributed by atoms with Crippen LogP contribution in [0.4, 0.5) is 0 Å². The highest BCUT2D eigenvalue weighted by atomic mass is 16.5. The molecule has 0 N–H and O–H groups in total. The summed E-state index contributed by atoms with van der Waals surface area (Å²) in [5, 5.41) is 4.94. The molecule has 0 fully saturated rings. The first-order valence-electron chi connectivity index (χ1n) is 13.3. The lowest BCUT2D eigenvalue weighted by Crippen LogP contribution is -2.34. The number of methoxy groups -OCH3 is 1. The Bertz CT molecular complexity index is 1100. The molecule has 1 aromatic carbocycles. The minimum absolute atomic E-state index is 0.116. The number of aromatic nitrogens is 2. The van der Waals surface area contributed by atoms with Gasteiger partial charge in [0.1, 0.15) is 5.75 Å². The topological polar surface area (TPSA) is 50.1 Å². The number of carbonyl (C=O) groups is 1. The fraction of sp³-hybridized carbons (Fsp3) is 0.533. The van der Waals surface area contributed by atoms with Crippen LogP contribution < -0.4 is 4.74 Å². The summed E-state index contributed by atoms with van der Waals surface area (Å²) in [4.78, 5) is 17.9. The van der Waals surface area contributed by atoms with Gasteiger partial charge in [-0.2, -0.15) is 5.10 Å². The van der Waals surface area contributed by atoms with Crippen molar-refractivity contribution < 1.29 is 9.53 Å². The van der Waals surface area contributed by atoms with Crippen LogP contribution in [0, 0.1) is 11.8 Å². The number of ether oxygens (including phenoxy) is 1. The summed E-state index contributed by atoms with van der Waals surface area (Å²) in [6.45, 7) is 11.4. The van der Waals surface area contributed by atoms with Crippen LogP contribution in [0.1, 0.15) is 62.9 Å². The molecule has 3 rings (SSSR count). The van der Waals surface area contributed by atoms with Gasteiger partial charge < -0.3 is 14.5 Å². The summed E-state index contributed by atoms with van der Waals surface area (Å²) >= 11 is 0. The van der Waals surface area contributed by atoms with Crippen molar-refractivity contribution in [1.82, 2.24) is 19.4 Å². The third kappa shape index (κ3) is 7.33. The van der Waals surface area contributed by atoms with Crippen LogP contribution in [0.15, 0.2) is 42.6 Å². The molecule has 0 bridgehead atoms. The average molecular weight is 493 g/mol. The summed E-state index contributed by atoms with van der Waals surface area (Å²) in [6, 6.07) is 12.0. The fourth-order valence-corrected chi connectivity index (χ4v) is 4.35. The van der Waals surface area contributed by atoms with Crippen molar-refractivity contribution in [3.05, 3.63) is 53.7 Å². The number of hydrogen-bond acceptors (Lipinski definition) is 4. The molecule has 6 nitrogen and oxygen atoms in total. The molecule has 2 heterocycles. The van der Waals surface area contributed by atoms with E-state index < -0.39 is 0 Å². The maximum atomic E-state index is 13.7. The van der Waals surface area contributed by atoms with Crippen LogP contribution in [-0.2, 0) is 6.42 Å². The van der Waals surface area contributed by atoms with Gasteiger partial charge in [0.15, 0.2) is 0 Å². The van der Waals surface area contributed by atoms with Crippen LogP contribution in [-0.4, -0.2) is 66.2 Å². The molecule has 3 aromatic rings. The number of pyridine rings is 1. The van der Waals surface area contributed by atoms with Crippen molar-refractivity contribution in [1.29, 1.82) is 0 Å². The Morgan fingerprint density at radius 3 is 2.17 bits per heavy atom. The molecule has 36 heavy (non-hydrogen) atoms. The Balaban J connectivity index is 1.99. The maximum Gasteiger partial charge on any atom is 0.253 e. The highest BCUT2D eigenvalue weighted by Crippen LogP contribution is 2.29. The highest BCUT2D eigenvalue weighted by molar-refractivity contribution is 5.95. The quantitative estimate of drug-likeness (QED) is 0.292. The monoisotopic (exact) mass is 492 g/mol. The van der Waals surface area contributed by atoms with E-state index in [0.717, 1.165) is 73.4 Å². The zero-order valence-electron chi connectivity index (χ0n) is 23.3. The lowest BCUT2D eigenvalue weighted by atomic mass is 10.0. The third-order valence-corrected chi connectivity index (χ3v) is 6.62. The van der Waals surface area contributed by atoms with E-state index in [2.05, 4.69) is 58.8 Å². The Morgan fingerprint density at radius 2 is 1.61 bits per heavy atom. The first kappa shape index (κ1) is 27.7. The van der Waals surface area contributed by atoms with Crippen molar-refractivity contribution in [3.63, 3.8) is 0 Å². The number of nitrogens with zero attached hydrogens (tertiary/aromatic N) is 4. The van der Waals surface area contributed by atoms with E-state index in [1.807, 2.05) is 39.9 Å². The van der Waals surface area contributed by atoms with E-state index in [-0.39, 0.29) is 5.91 Å². The van der Waals surface area contributed by atoms with Crippen LogP contribution in [0.5, 0.6) is 5.75 Å². The third-order valence-electron chi connectivity index (χ3n) is 6.62. The number of benzene rings is 1. The van der Waals surface area contributed by atoms with E-state index in [1.165, 1.54) is 5.56 Å². The summed E-state index contributed by atoms with van der Waals surface area (Å²) < 4.78 is 7.27. The summed E-state index contributed by atoms with van der Waals surface area (Å²) in [6.07, 6.45) is 5.87. The second-order valence-corrected chi connectivity index (χ2v) is 10.9. The van der Waals surface area contributed by atoms with Gasteiger partial charge in [-0.05, 0) is 94.6 Å². The first-order valence-corrected chi connectivity index (χ1v) is 13.3. The van der Waals surface area contributed by atoms with Crippen LogP contribution in [0.2, 0.25) is 0 Å². The standard InChI is InChI=1S/C30H44N4O2/c1-22(2)14-18-33(19-15-23(3)4)30(35)25-16-20-34-28(21-25)27(9-8-17-32(5)6)29(31-34)24-10-12-26(36-7)13-11-24/h10-13,16,20-23H,8-9,14-15,17-19H2,1-7H3. The molecule has 2 aromatic heterocycles. The molecule has 0 aliphatic rings.